The Bertz CT molecular complexity index is 726. The molecular weight excluding hydrogens is 300 g/mol. The molecule has 1 heterocycles. The van der Waals surface area contributed by atoms with Crippen LogP contribution in [0.5, 0.6) is 0 Å². The lowest BCUT2D eigenvalue weighted by Gasteiger charge is -2.08. The van der Waals surface area contributed by atoms with Crippen molar-refractivity contribution in [3.05, 3.63) is 66.4 Å². The summed E-state index contributed by atoms with van der Waals surface area (Å²) in [6.07, 6.45) is 0. The SMILES string of the molecule is S=C(Nc1ccccc1)c1nnsc1Nc1ccccc1. The lowest BCUT2D eigenvalue weighted by Crippen LogP contribution is -2.12. The first-order chi connectivity index (χ1) is 10.3. The molecule has 104 valence electrons. The van der Waals surface area contributed by atoms with Crippen LogP contribution in [0.3, 0.4) is 0 Å². The maximum absolute atomic E-state index is 5.41. The second-order valence-electron chi connectivity index (χ2n) is 4.26. The monoisotopic (exact) mass is 312 g/mol. The zero-order chi connectivity index (χ0) is 14.5. The smallest absolute Gasteiger partial charge is 0.157 e. The van der Waals surface area contributed by atoms with E-state index in [1.807, 2.05) is 60.7 Å². The molecule has 1 aromatic heterocycles. The van der Waals surface area contributed by atoms with Gasteiger partial charge in [0, 0.05) is 22.9 Å². The average molecular weight is 312 g/mol. The highest BCUT2D eigenvalue weighted by Crippen LogP contribution is 2.24. The van der Waals surface area contributed by atoms with E-state index in [0.717, 1.165) is 16.4 Å². The third-order valence-electron chi connectivity index (χ3n) is 2.77. The van der Waals surface area contributed by atoms with Crippen LogP contribution < -0.4 is 10.6 Å². The Morgan fingerprint density at radius 1 is 0.905 bits per heavy atom. The number of nitrogens with zero attached hydrogens (tertiary/aromatic N) is 2. The molecule has 0 saturated heterocycles. The Morgan fingerprint density at radius 2 is 1.52 bits per heavy atom. The van der Waals surface area contributed by atoms with Crippen molar-refractivity contribution >= 4 is 45.1 Å². The molecule has 6 heteroatoms. The van der Waals surface area contributed by atoms with Gasteiger partial charge in [-0.2, -0.15) is 0 Å². The Labute approximate surface area is 132 Å². The van der Waals surface area contributed by atoms with E-state index in [1.54, 1.807) is 0 Å². The first-order valence-corrected chi connectivity index (χ1v) is 7.52. The highest BCUT2D eigenvalue weighted by molar-refractivity contribution is 7.81. The van der Waals surface area contributed by atoms with Crippen LogP contribution in [-0.2, 0) is 0 Å². The number of nitrogens with one attached hydrogen (secondary N) is 2. The molecule has 2 N–H and O–H groups in total. The minimum atomic E-state index is 0.549. The summed E-state index contributed by atoms with van der Waals surface area (Å²) in [7, 11) is 0. The summed E-state index contributed by atoms with van der Waals surface area (Å²) in [6.45, 7) is 0. The molecular formula is C15H12N4S2. The topological polar surface area (TPSA) is 49.8 Å². The zero-order valence-corrected chi connectivity index (χ0v) is 12.6. The molecule has 0 aliphatic heterocycles. The van der Waals surface area contributed by atoms with E-state index >= 15 is 0 Å². The fraction of sp³-hybridized carbons (Fsp3) is 0. The highest BCUT2D eigenvalue weighted by Gasteiger charge is 2.13. The van der Waals surface area contributed by atoms with Crippen molar-refractivity contribution in [3.8, 4) is 0 Å². The van der Waals surface area contributed by atoms with Crippen molar-refractivity contribution < 1.29 is 0 Å². The van der Waals surface area contributed by atoms with Gasteiger partial charge in [0.05, 0.1) is 0 Å². The van der Waals surface area contributed by atoms with Gasteiger partial charge >= 0.3 is 0 Å². The highest BCUT2D eigenvalue weighted by atomic mass is 32.1. The number of hydrogen-bond acceptors (Lipinski definition) is 5. The number of anilines is 3. The molecule has 4 nitrogen and oxygen atoms in total. The molecule has 0 bridgehead atoms. The number of rotatable bonds is 4. The van der Waals surface area contributed by atoms with Gasteiger partial charge in [-0.25, -0.2) is 0 Å². The Morgan fingerprint density at radius 3 is 2.19 bits per heavy atom. The fourth-order valence-corrected chi connectivity index (χ4v) is 2.71. The summed E-state index contributed by atoms with van der Waals surface area (Å²) < 4.78 is 3.98. The molecule has 0 radical (unpaired) electrons. The molecule has 0 aliphatic carbocycles. The molecule has 0 unspecified atom stereocenters. The maximum atomic E-state index is 5.41. The van der Waals surface area contributed by atoms with Gasteiger partial charge in [0.1, 0.15) is 9.99 Å². The molecule has 0 atom stereocenters. The fourth-order valence-electron chi connectivity index (χ4n) is 1.79. The van der Waals surface area contributed by atoms with E-state index in [9.17, 15) is 0 Å². The Kier molecular flexibility index (Phi) is 4.18. The molecule has 3 aromatic rings. The van der Waals surface area contributed by atoms with E-state index < -0.39 is 0 Å². The number of thiocarbonyl (C=S) groups is 1. The van der Waals surface area contributed by atoms with Gasteiger partial charge in [0.15, 0.2) is 5.69 Å². The van der Waals surface area contributed by atoms with Crippen molar-refractivity contribution in [3.63, 3.8) is 0 Å². The second kappa shape index (κ2) is 6.43. The normalized spacial score (nSPS) is 10.1. The standard InChI is InChI=1S/C15H12N4S2/c20-14(16-11-7-3-1-4-8-11)13-15(21-19-18-13)17-12-9-5-2-6-10-12/h1-10,17H,(H,16,20). The number of hydrogen-bond donors (Lipinski definition) is 2. The third-order valence-corrected chi connectivity index (χ3v) is 3.70. The largest absolute Gasteiger partial charge is 0.345 e. The second-order valence-corrected chi connectivity index (χ2v) is 5.42. The quantitative estimate of drug-likeness (QED) is 0.711. The van der Waals surface area contributed by atoms with E-state index in [2.05, 4.69) is 20.2 Å². The summed E-state index contributed by atoms with van der Waals surface area (Å²) in [6, 6.07) is 19.6. The van der Waals surface area contributed by atoms with E-state index in [-0.39, 0.29) is 0 Å². The number of aromatic nitrogens is 2. The van der Waals surface area contributed by atoms with Crippen molar-refractivity contribution in [1.29, 1.82) is 0 Å². The summed E-state index contributed by atoms with van der Waals surface area (Å²) in [5.41, 5.74) is 2.57. The predicted octanol–water partition coefficient (Wildman–Crippen LogP) is 4.07. The Balaban J connectivity index is 1.77. The first kappa shape index (κ1) is 13.7. The molecule has 21 heavy (non-hydrogen) atoms. The molecule has 2 aromatic carbocycles. The van der Waals surface area contributed by atoms with Gasteiger partial charge in [-0.1, -0.05) is 53.1 Å². The van der Waals surface area contributed by atoms with E-state index in [4.69, 9.17) is 12.2 Å². The van der Waals surface area contributed by atoms with Crippen LogP contribution in [0.2, 0.25) is 0 Å². The molecule has 0 amide bonds. The van der Waals surface area contributed by atoms with Crippen molar-refractivity contribution in [2.45, 2.75) is 0 Å². The van der Waals surface area contributed by atoms with Gasteiger partial charge in [0.25, 0.3) is 0 Å². The number of para-hydroxylation sites is 2. The third kappa shape index (κ3) is 3.42. The minimum Gasteiger partial charge on any atom is -0.345 e. The minimum absolute atomic E-state index is 0.549. The van der Waals surface area contributed by atoms with Crippen LogP contribution in [-0.4, -0.2) is 14.6 Å². The van der Waals surface area contributed by atoms with Gasteiger partial charge < -0.3 is 10.6 Å². The van der Waals surface area contributed by atoms with E-state index in [1.165, 1.54) is 11.5 Å². The molecule has 0 aliphatic rings. The summed E-state index contributed by atoms with van der Waals surface area (Å²) in [4.78, 5) is 0.549. The van der Waals surface area contributed by atoms with Gasteiger partial charge in [-0.15, -0.1) is 5.10 Å². The van der Waals surface area contributed by atoms with Crippen LogP contribution in [0, 0.1) is 0 Å². The van der Waals surface area contributed by atoms with Gasteiger partial charge in [0.2, 0.25) is 0 Å². The van der Waals surface area contributed by atoms with Gasteiger partial charge in [-0.05, 0) is 24.3 Å². The molecule has 0 saturated carbocycles. The molecule has 0 spiro atoms. The summed E-state index contributed by atoms with van der Waals surface area (Å²) in [5.74, 6) is 0. The van der Waals surface area contributed by atoms with Crippen LogP contribution in [0.25, 0.3) is 0 Å². The molecule has 0 fully saturated rings. The summed E-state index contributed by atoms with van der Waals surface area (Å²) >= 11 is 6.70. The van der Waals surface area contributed by atoms with Crippen LogP contribution in [0.1, 0.15) is 5.69 Å². The molecule has 3 rings (SSSR count). The zero-order valence-electron chi connectivity index (χ0n) is 11.0. The first-order valence-electron chi connectivity index (χ1n) is 6.34. The Hall–Kier alpha value is -2.31. The lowest BCUT2D eigenvalue weighted by atomic mass is 10.3. The van der Waals surface area contributed by atoms with Crippen LogP contribution >= 0.6 is 23.8 Å². The predicted molar refractivity (Wildman–Crippen MR) is 91.4 cm³/mol. The number of benzene rings is 2. The van der Waals surface area contributed by atoms with Crippen molar-refractivity contribution in [2.75, 3.05) is 10.6 Å². The van der Waals surface area contributed by atoms with E-state index in [0.29, 0.717) is 10.7 Å². The average Bonchev–Trinajstić information content (AvgIpc) is 2.97. The summed E-state index contributed by atoms with van der Waals surface area (Å²) in [5, 5.41) is 11.4. The van der Waals surface area contributed by atoms with Crippen LogP contribution in [0.15, 0.2) is 60.7 Å². The van der Waals surface area contributed by atoms with Crippen molar-refractivity contribution in [1.82, 2.24) is 9.59 Å². The van der Waals surface area contributed by atoms with Crippen molar-refractivity contribution in [2.24, 2.45) is 0 Å². The lowest BCUT2D eigenvalue weighted by molar-refractivity contribution is 1.14. The maximum Gasteiger partial charge on any atom is 0.157 e. The van der Waals surface area contributed by atoms with Crippen LogP contribution in [0.4, 0.5) is 16.4 Å². The van der Waals surface area contributed by atoms with Gasteiger partial charge in [-0.3, -0.25) is 0 Å².